The fourth-order valence-electron chi connectivity index (χ4n) is 4.44. The first-order valence-electron chi connectivity index (χ1n) is 11.6. The predicted octanol–water partition coefficient (Wildman–Crippen LogP) is 4.68. The van der Waals surface area contributed by atoms with Crippen LogP contribution >= 0.6 is 0 Å². The summed E-state index contributed by atoms with van der Waals surface area (Å²) >= 11 is 0. The van der Waals surface area contributed by atoms with Crippen molar-refractivity contribution in [3.8, 4) is 11.5 Å². The summed E-state index contributed by atoms with van der Waals surface area (Å²) < 4.78 is 17.7. The molecule has 1 fully saturated rings. The largest absolute Gasteiger partial charge is 0.496 e. The first kappa shape index (κ1) is 23.8. The lowest BCUT2D eigenvalue weighted by Crippen LogP contribution is -2.40. The van der Waals surface area contributed by atoms with E-state index >= 15 is 0 Å². The second kappa shape index (κ2) is 11.7. The molecule has 1 saturated heterocycles. The number of rotatable bonds is 10. The SMILES string of the molecule is COc1ccccc1COC1CNCCC1c1ccc(OCCc2ccccc2C(=O)O)cc1. The van der Waals surface area contributed by atoms with E-state index in [1.54, 1.807) is 19.2 Å². The first-order valence-corrected chi connectivity index (χ1v) is 11.6. The van der Waals surface area contributed by atoms with Crippen molar-refractivity contribution < 1.29 is 24.1 Å². The summed E-state index contributed by atoms with van der Waals surface area (Å²) in [6.07, 6.45) is 1.61. The molecule has 0 aliphatic carbocycles. The molecule has 6 heteroatoms. The second-order valence-electron chi connectivity index (χ2n) is 8.39. The maximum absolute atomic E-state index is 11.4. The van der Waals surface area contributed by atoms with Gasteiger partial charge in [0.2, 0.25) is 0 Å². The van der Waals surface area contributed by atoms with Crippen LogP contribution in [0.25, 0.3) is 0 Å². The molecule has 0 saturated carbocycles. The Hall–Kier alpha value is -3.35. The Morgan fingerprint density at radius 2 is 1.74 bits per heavy atom. The van der Waals surface area contributed by atoms with Crippen LogP contribution in [-0.4, -0.2) is 44.0 Å². The number of hydrogen-bond acceptors (Lipinski definition) is 5. The molecule has 0 amide bonds. The highest BCUT2D eigenvalue weighted by Gasteiger charge is 2.27. The van der Waals surface area contributed by atoms with Crippen molar-refractivity contribution >= 4 is 5.97 Å². The highest BCUT2D eigenvalue weighted by molar-refractivity contribution is 5.89. The lowest BCUT2D eigenvalue weighted by molar-refractivity contribution is 0.00982. The second-order valence-corrected chi connectivity index (χ2v) is 8.39. The summed E-state index contributed by atoms with van der Waals surface area (Å²) in [4.78, 5) is 11.4. The van der Waals surface area contributed by atoms with E-state index < -0.39 is 5.97 Å². The molecule has 0 bridgehead atoms. The molecule has 0 radical (unpaired) electrons. The summed E-state index contributed by atoms with van der Waals surface area (Å²) in [5.41, 5.74) is 3.38. The number of hydrogen-bond donors (Lipinski definition) is 2. The molecule has 34 heavy (non-hydrogen) atoms. The minimum atomic E-state index is -0.913. The van der Waals surface area contributed by atoms with Gasteiger partial charge in [-0.2, -0.15) is 0 Å². The van der Waals surface area contributed by atoms with Crippen molar-refractivity contribution in [2.75, 3.05) is 26.8 Å². The number of carbonyl (C=O) groups is 1. The number of piperidine rings is 1. The van der Waals surface area contributed by atoms with Crippen LogP contribution in [0.3, 0.4) is 0 Å². The van der Waals surface area contributed by atoms with Crippen LogP contribution in [0.4, 0.5) is 0 Å². The Morgan fingerprint density at radius 3 is 2.50 bits per heavy atom. The van der Waals surface area contributed by atoms with Gasteiger partial charge in [-0.25, -0.2) is 4.79 Å². The fraction of sp³-hybridized carbons (Fsp3) is 0.321. The standard InChI is InChI=1S/C28H31NO5/c1-32-26-9-5-3-7-22(26)19-34-27-18-29-16-14-24(27)21-10-12-23(13-11-21)33-17-15-20-6-2-4-8-25(20)28(30)31/h2-13,24,27,29H,14-19H2,1H3,(H,30,31). The summed E-state index contributed by atoms with van der Waals surface area (Å²) in [6.45, 7) is 2.69. The normalized spacial score (nSPS) is 17.8. The van der Waals surface area contributed by atoms with Gasteiger partial charge in [0.15, 0.2) is 0 Å². The van der Waals surface area contributed by atoms with E-state index in [0.29, 0.717) is 31.1 Å². The number of methoxy groups -OCH3 is 1. The van der Waals surface area contributed by atoms with Crippen LogP contribution in [0.2, 0.25) is 0 Å². The Balaban J connectivity index is 1.34. The zero-order valence-corrected chi connectivity index (χ0v) is 19.4. The van der Waals surface area contributed by atoms with Gasteiger partial charge >= 0.3 is 5.97 Å². The Labute approximate surface area is 200 Å². The number of ether oxygens (including phenoxy) is 3. The van der Waals surface area contributed by atoms with Gasteiger partial charge in [-0.3, -0.25) is 0 Å². The number of carboxylic acids is 1. The molecule has 0 spiro atoms. The van der Waals surface area contributed by atoms with Gasteiger partial charge in [0.25, 0.3) is 0 Å². The van der Waals surface area contributed by atoms with Gasteiger partial charge in [-0.15, -0.1) is 0 Å². The van der Waals surface area contributed by atoms with Crippen molar-refractivity contribution in [2.24, 2.45) is 0 Å². The maximum atomic E-state index is 11.4. The third-order valence-corrected chi connectivity index (χ3v) is 6.27. The Bertz CT molecular complexity index is 1080. The topological polar surface area (TPSA) is 77.0 Å². The molecule has 178 valence electrons. The molecule has 1 aliphatic rings. The van der Waals surface area contributed by atoms with E-state index in [9.17, 15) is 9.90 Å². The molecule has 3 aromatic rings. The van der Waals surface area contributed by atoms with E-state index in [2.05, 4.69) is 17.4 Å². The predicted molar refractivity (Wildman–Crippen MR) is 131 cm³/mol. The Kier molecular flexibility index (Phi) is 8.17. The quantitative estimate of drug-likeness (QED) is 0.457. The molecule has 1 heterocycles. The van der Waals surface area contributed by atoms with Crippen molar-refractivity contribution in [3.05, 3.63) is 95.1 Å². The molecular formula is C28H31NO5. The molecule has 2 atom stereocenters. The molecule has 2 unspecified atom stereocenters. The van der Waals surface area contributed by atoms with Crippen molar-refractivity contribution in [3.63, 3.8) is 0 Å². The minimum absolute atomic E-state index is 0.0675. The number of para-hydroxylation sites is 1. The smallest absolute Gasteiger partial charge is 0.335 e. The minimum Gasteiger partial charge on any atom is -0.496 e. The molecule has 2 N–H and O–H groups in total. The molecule has 0 aromatic heterocycles. The van der Waals surface area contributed by atoms with Gasteiger partial charge < -0.3 is 24.6 Å². The molecule has 4 rings (SSSR count). The van der Waals surface area contributed by atoms with Gasteiger partial charge in [0.1, 0.15) is 11.5 Å². The third-order valence-electron chi connectivity index (χ3n) is 6.27. The third kappa shape index (κ3) is 5.95. The number of aromatic carboxylic acids is 1. The highest BCUT2D eigenvalue weighted by atomic mass is 16.5. The summed E-state index contributed by atoms with van der Waals surface area (Å²) in [7, 11) is 1.68. The van der Waals surface area contributed by atoms with Gasteiger partial charge in [0, 0.05) is 24.4 Å². The van der Waals surface area contributed by atoms with Crippen molar-refractivity contribution in [2.45, 2.75) is 31.5 Å². The van der Waals surface area contributed by atoms with E-state index in [1.807, 2.05) is 48.5 Å². The number of carboxylic acid groups (broad SMARTS) is 1. The lowest BCUT2D eigenvalue weighted by Gasteiger charge is -2.32. The maximum Gasteiger partial charge on any atom is 0.335 e. The van der Waals surface area contributed by atoms with Crippen LogP contribution in [0.5, 0.6) is 11.5 Å². The molecule has 3 aromatic carbocycles. The van der Waals surface area contributed by atoms with E-state index in [1.165, 1.54) is 5.56 Å². The number of nitrogens with one attached hydrogen (secondary N) is 1. The van der Waals surface area contributed by atoms with Crippen LogP contribution < -0.4 is 14.8 Å². The average molecular weight is 462 g/mol. The molecular weight excluding hydrogens is 430 g/mol. The molecule has 6 nitrogen and oxygen atoms in total. The number of benzene rings is 3. The van der Waals surface area contributed by atoms with Gasteiger partial charge in [-0.05, 0) is 48.4 Å². The van der Waals surface area contributed by atoms with Crippen LogP contribution in [0.15, 0.2) is 72.8 Å². The van der Waals surface area contributed by atoms with Crippen molar-refractivity contribution in [1.82, 2.24) is 5.32 Å². The Morgan fingerprint density at radius 1 is 1.00 bits per heavy atom. The lowest BCUT2D eigenvalue weighted by atomic mass is 9.87. The van der Waals surface area contributed by atoms with E-state index in [4.69, 9.17) is 14.2 Å². The van der Waals surface area contributed by atoms with Crippen LogP contribution in [0, 0.1) is 0 Å². The van der Waals surface area contributed by atoms with E-state index in [-0.39, 0.29) is 6.10 Å². The van der Waals surface area contributed by atoms with E-state index in [0.717, 1.165) is 42.1 Å². The first-order chi connectivity index (χ1) is 16.7. The molecule has 1 aliphatic heterocycles. The summed E-state index contributed by atoms with van der Waals surface area (Å²) in [5.74, 6) is 1.00. The van der Waals surface area contributed by atoms with Gasteiger partial charge in [0.05, 0.1) is 32.0 Å². The summed E-state index contributed by atoms with van der Waals surface area (Å²) in [5, 5.41) is 12.8. The fourth-order valence-corrected chi connectivity index (χ4v) is 4.44. The highest BCUT2D eigenvalue weighted by Crippen LogP contribution is 2.30. The van der Waals surface area contributed by atoms with Gasteiger partial charge in [-0.1, -0.05) is 48.5 Å². The summed E-state index contributed by atoms with van der Waals surface area (Å²) in [6, 6.07) is 23.2. The van der Waals surface area contributed by atoms with Crippen LogP contribution in [0.1, 0.15) is 39.4 Å². The van der Waals surface area contributed by atoms with Crippen molar-refractivity contribution in [1.29, 1.82) is 0 Å². The monoisotopic (exact) mass is 461 g/mol. The average Bonchev–Trinajstić information content (AvgIpc) is 2.88. The zero-order valence-electron chi connectivity index (χ0n) is 19.4. The van der Waals surface area contributed by atoms with Crippen LogP contribution in [-0.2, 0) is 17.8 Å². The zero-order chi connectivity index (χ0) is 23.8.